The van der Waals surface area contributed by atoms with E-state index in [4.69, 9.17) is 4.52 Å². The molecule has 0 fully saturated rings. The third-order valence-electron chi connectivity index (χ3n) is 4.45. The molecule has 2 aromatic heterocycles. The van der Waals surface area contributed by atoms with Crippen molar-refractivity contribution in [1.82, 2.24) is 10.1 Å². The Hall–Kier alpha value is -3.79. The molecule has 4 aromatic rings. The number of aromatic nitrogens is 2. The number of hydrogen-bond acceptors (Lipinski definition) is 6. The molecule has 2 N–H and O–H groups in total. The molecule has 0 aliphatic carbocycles. The number of hydrogen-bond donors (Lipinski definition) is 2. The summed E-state index contributed by atoms with van der Waals surface area (Å²) in [6, 6.07) is 14.5. The molecule has 158 valence electrons. The number of fused-ring (bicyclic) bond motifs is 1. The first-order valence-electron chi connectivity index (χ1n) is 9.12. The first-order chi connectivity index (χ1) is 14.7. The normalized spacial score (nSPS) is 11.5. The highest BCUT2D eigenvalue weighted by Crippen LogP contribution is 2.28. The van der Waals surface area contributed by atoms with Gasteiger partial charge in [0.1, 0.15) is 5.82 Å². The van der Waals surface area contributed by atoms with Crippen LogP contribution in [0.15, 0.2) is 59.1 Å². The summed E-state index contributed by atoms with van der Waals surface area (Å²) < 4.78 is 44.2. The van der Waals surface area contributed by atoms with Crippen LogP contribution in [0.3, 0.4) is 0 Å². The number of halogens is 1. The Morgan fingerprint density at radius 2 is 1.84 bits per heavy atom. The quantitative estimate of drug-likeness (QED) is 0.486. The zero-order chi connectivity index (χ0) is 22.2. The number of aryl methyl sites for hydroxylation is 1. The van der Waals surface area contributed by atoms with Crippen molar-refractivity contribution in [2.24, 2.45) is 0 Å². The maximum Gasteiger partial charge on any atom is 0.259 e. The molecule has 0 aliphatic heterocycles. The molecule has 31 heavy (non-hydrogen) atoms. The van der Waals surface area contributed by atoms with E-state index in [0.29, 0.717) is 16.8 Å². The van der Waals surface area contributed by atoms with E-state index in [1.165, 1.54) is 12.1 Å². The molecule has 0 atom stereocenters. The predicted molar refractivity (Wildman–Crippen MR) is 115 cm³/mol. The van der Waals surface area contributed by atoms with Gasteiger partial charge in [-0.25, -0.2) is 17.8 Å². The molecule has 0 radical (unpaired) electrons. The molecule has 2 aromatic carbocycles. The van der Waals surface area contributed by atoms with E-state index < -0.39 is 21.7 Å². The Morgan fingerprint density at radius 1 is 1.10 bits per heavy atom. The van der Waals surface area contributed by atoms with Crippen molar-refractivity contribution in [2.45, 2.75) is 6.92 Å². The lowest BCUT2D eigenvalue weighted by atomic mass is 10.0. The summed E-state index contributed by atoms with van der Waals surface area (Å²) in [5.74, 6) is -1.27. The van der Waals surface area contributed by atoms with Crippen molar-refractivity contribution in [3.63, 3.8) is 0 Å². The smallest absolute Gasteiger partial charge is 0.259 e. The summed E-state index contributed by atoms with van der Waals surface area (Å²) in [5, 5.41) is 7.02. The van der Waals surface area contributed by atoms with Crippen LogP contribution in [0.1, 0.15) is 16.1 Å². The van der Waals surface area contributed by atoms with Crippen molar-refractivity contribution >= 4 is 38.4 Å². The van der Waals surface area contributed by atoms with Crippen molar-refractivity contribution in [1.29, 1.82) is 0 Å². The van der Waals surface area contributed by atoms with Gasteiger partial charge in [0.2, 0.25) is 10.0 Å². The fourth-order valence-corrected chi connectivity index (χ4v) is 3.67. The molecule has 8 nitrogen and oxygen atoms in total. The van der Waals surface area contributed by atoms with Gasteiger partial charge in [0.05, 0.1) is 34.3 Å². The summed E-state index contributed by atoms with van der Waals surface area (Å²) >= 11 is 0. The Labute approximate surface area is 177 Å². The topological polar surface area (TPSA) is 114 Å². The molecule has 4 rings (SSSR count). The van der Waals surface area contributed by atoms with E-state index >= 15 is 0 Å². The van der Waals surface area contributed by atoms with E-state index in [2.05, 4.69) is 20.2 Å². The van der Waals surface area contributed by atoms with Gasteiger partial charge in [-0.15, -0.1) is 0 Å². The molecule has 0 bridgehead atoms. The minimum absolute atomic E-state index is 0.206. The van der Waals surface area contributed by atoms with Crippen LogP contribution < -0.4 is 10.0 Å². The van der Waals surface area contributed by atoms with Crippen molar-refractivity contribution < 1.29 is 22.1 Å². The standard InChI is InChI=1S/C21H17FN4O4S/c1-12-19-15(11-17(24-21(19)30-25-12)13-6-4-3-5-7-13)20(27)23-14-8-9-16(22)18(10-14)26-31(2,28)29/h3-11,26H,1-2H3,(H,23,27). The molecule has 0 saturated heterocycles. The van der Waals surface area contributed by atoms with E-state index in [0.717, 1.165) is 17.9 Å². The molecule has 10 heteroatoms. The number of nitrogens with zero attached hydrogens (tertiary/aromatic N) is 2. The zero-order valence-electron chi connectivity index (χ0n) is 16.5. The number of nitrogens with one attached hydrogen (secondary N) is 2. The van der Waals surface area contributed by atoms with E-state index in [1.807, 2.05) is 30.3 Å². The zero-order valence-corrected chi connectivity index (χ0v) is 17.3. The minimum atomic E-state index is -3.69. The SMILES string of the molecule is Cc1noc2nc(-c3ccccc3)cc(C(=O)Nc3ccc(F)c(NS(C)(=O)=O)c3)c12. The van der Waals surface area contributed by atoms with E-state index in [1.54, 1.807) is 13.0 Å². The molecule has 0 saturated carbocycles. The van der Waals surface area contributed by atoms with Crippen LogP contribution in [0.5, 0.6) is 0 Å². The number of benzene rings is 2. The van der Waals surface area contributed by atoms with Crippen molar-refractivity contribution in [2.75, 3.05) is 16.3 Å². The summed E-state index contributed by atoms with van der Waals surface area (Å²) in [5.41, 5.74) is 2.21. The number of carbonyl (C=O) groups excluding carboxylic acids is 1. The van der Waals surface area contributed by atoms with Gasteiger partial charge in [-0.05, 0) is 31.2 Å². The Morgan fingerprint density at radius 3 is 2.55 bits per heavy atom. The molecule has 1 amide bonds. The second-order valence-corrected chi connectivity index (χ2v) is 8.64. The van der Waals surface area contributed by atoms with Crippen LogP contribution in [0.2, 0.25) is 0 Å². The average Bonchev–Trinajstić information content (AvgIpc) is 3.10. The largest absolute Gasteiger partial charge is 0.335 e. The van der Waals surface area contributed by atoms with Crippen LogP contribution in [-0.2, 0) is 10.0 Å². The van der Waals surface area contributed by atoms with E-state index in [-0.39, 0.29) is 22.7 Å². The average molecular weight is 440 g/mol. The number of anilines is 2. The van der Waals surface area contributed by atoms with Crippen molar-refractivity contribution in [3.8, 4) is 11.3 Å². The monoisotopic (exact) mass is 440 g/mol. The highest BCUT2D eigenvalue weighted by atomic mass is 32.2. The number of rotatable bonds is 5. The number of pyridine rings is 1. The third-order valence-corrected chi connectivity index (χ3v) is 5.04. The van der Waals surface area contributed by atoms with Crippen LogP contribution in [0, 0.1) is 12.7 Å². The lowest BCUT2D eigenvalue weighted by molar-refractivity contribution is 0.102. The summed E-state index contributed by atoms with van der Waals surface area (Å²) in [6.07, 6.45) is 0.908. The fraction of sp³-hybridized carbons (Fsp3) is 0.0952. The lowest BCUT2D eigenvalue weighted by Gasteiger charge is -2.11. The second-order valence-electron chi connectivity index (χ2n) is 6.89. The summed E-state index contributed by atoms with van der Waals surface area (Å²) in [6.45, 7) is 1.69. The van der Waals surface area contributed by atoms with Gasteiger partial charge >= 0.3 is 0 Å². The fourth-order valence-electron chi connectivity index (χ4n) is 3.11. The van der Waals surface area contributed by atoms with Gasteiger partial charge in [0.25, 0.3) is 11.6 Å². The molecule has 0 spiro atoms. The summed E-state index contributed by atoms with van der Waals surface area (Å²) in [4.78, 5) is 17.5. The number of carbonyl (C=O) groups is 1. The van der Waals surface area contributed by atoms with Gasteiger partial charge in [-0.2, -0.15) is 0 Å². The van der Waals surface area contributed by atoms with Crippen LogP contribution in [0.4, 0.5) is 15.8 Å². The second kappa shape index (κ2) is 7.80. The summed E-state index contributed by atoms with van der Waals surface area (Å²) in [7, 11) is -3.69. The van der Waals surface area contributed by atoms with Gasteiger partial charge in [-0.3, -0.25) is 9.52 Å². The Kier molecular flexibility index (Phi) is 5.15. The third kappa shape index (κ3) is 4.38. The molecule has 0 unspecified atom stereocenters. The molecule has 2 heterocycles. The maximum atomic E-state index is 14.0. The maximum absolute atomic E-state index is 14.0. The van der Waals surface area contributed by atoms with Gasteiger partial charge in [-0.1, -0.05) is 35.5 Å². The predicted octanol–water partition coefficient (Wildman–Crippen LogP) is 3.96. The Bertz CT molecular complexity index is 1400. The number of amides is 1. The van der Waals surface area contributed by atoms with Gasteiger partial charge in [0.15, 0.2) is 0 Å². The van der Waals surface area contributed by atoms with Crippen LogP contribution in [0.25, 0.3) is 22.4 Å². The Balaban J connectivity index is 1.74. The van der Waals surface area contributed by atoms with Crippen LogP contribution in [-0.4, -0.2) is 30.7 Å². The molecular formula is C21H17FN4O4S. The highest BCUT2D eigenvalue weighted by Gasteiger charge is 2.20. The van der Waals surface area contributed by atoms with E-state index in [9.17, 15) is 17.6 Å². The molecule has 0 aliphatic rings. The number of sulfonamides is 1. The first kappa shape index (κ1) is 20.5. The first-order valence-corrected chi connectivity index (χ1v) is 11.0. The van der Waals surface area contributed by atoms with Crippen LogP contribution >= 0.6 is 0 Å². The minimum Gasteiger partial charge on any atom is -0.335 e. The van der Waals surface area contributed by atoms with Crippen molar-refractivity contribution in [3.05, 3.63) is 71.7 Å². The lowest BCUT2D eigenvalue weighted by Crippen LogP contribution is -2.15. The highest BCUT2D eigenvalue weighted by molar-refractivity contribution is 7.92. The van der Waals surface area contributed by atoms with Gasteiger partial charge in [0, 0.05) is 11.3 Å². The van der Waals surface area contributed by atoms with Gasteiger partial charge < -0.3 is 9.84 Å². The molecular weight excluding hydrogens is 423 g/mol.